The van der Waals surface area contributed by atoms with E-state index in [1.54, 1.807) is 12.1 Å². The fourth-order valence-electron chi connectivity index (χ4n) is 4.26. The minimum absolute atomic E-state index is 0.152. The topological polar surface area (TPSA) is 37.3 Å². The number of aliphatic hydroxyl groups excluding tert-OH is 1. The van der Waals surface area contributed by atoms with Crippen LogP contribution in [0.3, 0.4) is 0 Å². The van der Waals surface area contributed by atoms with Gasteiger partial charge in [-0.05, 0) is 31.1 Å². The van der Waals surface area contributed by atoms with Crippen molar-refractivity contribution >= 4 is 5.78 Å². The van der Waals surface area contributed by atoms with Crippen molar-refractivity contribution in [3.63, 3.8) is 0 Å². The molecule has 23 heavy (non-hydrogen) atoms. The smallest absolute Gasteiger partial charge is 0.191 e. The van der Waals surface area contributed by atoms with Crippen molar-refractivity contribution in [1.82, 2.24) is 0 Å². The summed E-state index contributed by atoms with van der Waals surface area (Å²) in [5, 5.41) is 10.2. The average Bonchev–Trinajstić information content (AvgIpc) is 2.63. The van der Waals surface area contributed by atoms with Gasteiger partial charge in [-0.15, -0.1) is 0 Å². The van der Waals surface area contributed by atoms with E-state index in [0.717, 1.165) is 24.7 Å². The van der Waals surface area contributed by atoms with Gasteiger partial charge >= 0.3 is 0 Å². The van der Waals surface area contributed by atoms with Gasteiger partial charge in [0.15, 0.2) is 5.78 Å². The zero-order valence-electron chi connectivity index (χ0n) is 13.9. The second-order valence-corrected chi connectivity index (χ2v) is 7.25. The summed E-state index contributed by atoms with van der Waals surface area (Å²) < 4.78 is 0. The maximum absolute atomic E-state index is 12.3. The largest absolute Gasteiger partial charge is 0.385 e. The molecule has 1 aromatic carbocycles. The lowest BCUT2D eigenvalue weighted by atomic mass is 9.73. The van der Waals surface area contributed by atoms with Crippen molar-refractivity contribution < 1.29 is 9.90 Å². The Kier molecular flexibility index (Phi) is 5.66. The molecule has 0 bridgehead atoms. The van der Waals surface area contributed by atoms with Gasteiger partial charge in [-0.2, -0.15) is 0 Å². The summed E-state index contributed by atoms with van der Waals surface area (Å²) in [5.41, 5.74) is 1.88. The highest BCUT2D eigenvalue weighted by Gasteiger charge is 2.26. The molecule has 2 nitrogen and oxygen atoms in total. The van der Waals surface area contributed by atoms with Crippen LogP contribution in [-0.2, 0) is 0 Å². The van der Waals surface area contributed by atoms with Crippen LogP contribution in [0.4, 0.5) is 0 Å². The van der Waals surface area contributed by atoms with Crippen molar-refractivity contribution in [2.45, 2.75) is 63.9 Å². The van der Waals surface area contributed by atoms with Gasteiger partial charge in [0.1, 0.15) is 6.10 Å². The van der Waals surface area contributed by atoms with Crippen LogP contribution in [0.5, 0.6) is 0 Å². The molecule has 2 heteroatoms. The minimum atomic E-state index is -0.894. The molecular formula is C21H28O2. The van der Waals surface area contributed by atoms with Crippen LogP contribution in [0.25, 0.3) is 0 Å². The quantitative estimate of drug-likeness (QED) is 0.618. The maximum atomic E-state index is 12.3. The lowest BCUT2D eigenvalue weighted by Crippen LogP contribution is -2.23. The highest BCUT2D eigenvalue weighted by Crippen LogP contribution is 2.38. The molecular weight excluding hydrogens is 284 g/mol. The van der Waals surface area contributed by atoms with Crippen LogP contribution in [0, 0.1) is 11.8 Å². The van der Waals surface area contributed by atoms with E-state index in [9.17, 15) is 9.90 Å². The van der Waals surface area contributed by atoms with E-state index in [1.165, 1.54) is 44.1 Å². The van der Waals surface area contributed by atoms with E-state index in [2.05, 4.69) is 6.08 Å². The molecule has 0 saturated heterocycles. The summed E-state index contributed by atoms with van der Waals surface area (Å²) in [5.74, 6) is 1.60. The Balaban J connectivity index is 1.52. The summed E-state index contributed by atoms with van der Waals surface area (Å²) in [4.78, 5) is 12.3. The van der Waals surface area contributed by atoms with Gasteiger partial charge in [-0.25, -0.2) is 0 Å². The van der Waals surface area contributed by atoms with Gasteiger partial charge in [-0.1, -0.05) is 74.1 Å². The second kappa shape index (κ2) is 7.92. The third kappa shape index (κ3) is 4.32. The van der Waals surface area contributed by atoms with E-state index in [-0.39, 0.29) is 5.78 Å². The molecule has 0 spiro atoms. The van der Waals surface area contributed by atoms with Crippen LogP contribution in [0.2, 0.25) is 0 Å². The van der Waals surface area contributed by atoms with Crippen molar-refractivity contribution in [3.05, 3.63) is 47.5 Å². The number of rotatable bonds is 5. The first-order valence-electron chi connectivity index (χ1n) is 9.19. The lowest BCUT2D eigenvalue weighted by Gasteiger charge is -2.32. The second-order valence-electron chi connectivity index (χ2n) is 7.25. The third-order valence-electron chi connectivity index (χ3n) is 5.68. The van der Waals surface area contributed by atoms with Crippen LogP contribution < -0.4 is 0 Å². The van der Waals surface area contributed by atoms with Crippen molar-refractivity contribution in [2.24, 2.45) is 11.8 Å². The summed E-state index contributed by atoms with van der Waals surface area (Å²) >= 11 is 0. The molecule has 2 aliphatic carbocycles. The predicted molar refractivity (Wildman–Crippen MR) is 93.4 cm³/mol. The van der Waals surface area contributed by atoms with E-state index < -0.39 is 6.10 Å². The zero-order chi connectivity index (χ0) is 16.1. The Morgan fingerprint density at radius 2 is 1.78 bits per heavy atom. The van der Waals surface area contributed by atoms with E-state index in [4.69, 9.17) is 0 Å². The van der Waals surface area contributed by atoms with Crippen molar-refractivity contribution in [3.8, 4) is 0 Å². The predicted octanol–water partition coefficient (Wildman–Crippen LogP) is 4.93. The fraction of sp³-hybridized carbons (Fsp3) is 0.571. The lowest BCUT2D eigenvalue weighted by molar-refractivity contribution is 0.0744. The van der Waals surface area contributed by atoms with E-state index in [0.29, 0.717) is 12.0 Å². The average molecular weight is 312 g/mol. The number of benzene rings is 1. The third-order valence-corrected chi connectivity index (χ3v) is 5.68. The summed E-state index contributed by atoms with van der Waals surface area (Å²) in [7, 11) is 0. The Morgan fingerprint density at radius 1 is 1.04 bits per heavy atom. The number of ketones is 1. The molecule has 0 aromatic heterocycles. The number of aliphatic hydroxyl groups is 1. The summed E-state index contributed by atoms with van der Waals surface area (Å²) in [6, 6.07) is 9.13. The first-order valence-corrected chi connectivity index (χ1v) is 9.19. The molecule has 3 rings (SSSR count). The first-order chi connectivity index (χ1) is 11.2. The molecule has 0 radical (unpaired) electrons. The molecule has 0 amide bonds. The normalized spacial score (nSPS) is 24.0. The number of hydrogen-bond acceptors (Lipinski definition) is 2. The van der Waals surface area contributed by atoms with E-state index in [1.807, 2.05) is 18.2 Å². The molecule has 1 aromatic rings. The number of Topliss-reactive ketones (excluding diaryl/α,β-unsaturated/α-hetero) is 1. The van der Waals surface area contributed by atoms with Crippen LogP contribution in [0.15, 0.2) is 42.0 Å². The standard InChI is InChI=1S/C21H28O2/c22-20(21(23)19-9-5-2-6-10-19)15-16-11-13-18(14-12-16)17-7-3-1-4-8-17/h2,5-6,9-11,17-18,20,22H,1,3-4,7-8,12-15H2/t18-,20+/m1/s1. The molecule has 124 valence electrons. The van der Waals surface area contributed by atoms with Gasteiger partial charge in [0, 0.05) is 12.0 Å². The Morgan fingerprint density at radius 3 is 2.43 bits per heavy atom. The molecule has 0 heterocycles. The van der Waals surface area contributed by atoms with Gasteiger partial charge in [-0.3, -0.25) is 4.79 Å². The molecule has 0 aliphatic heterocycles. The number of hydrogen-bond donors (Lipinski definition) is 1. The maximum Gasteiger partial charge on any atom is 0.191 e. The van der Waals surface area contributed by atoms with Crippen molar-refractivity contribution in [2.75, 3.05) is 0 Å². The highest BCUT2D eigenvalue weighted by molar-refractivity contribution is 5.99. The Labute approximate surface area is 139 Å². The Hall–Kier alpha value is -1.41. The SMILES string of the molecule is O=C(c1ccccc1)[C@@H](O)CC1=CC[C@@H](C2CCCCC2)CC1. The Bertz CT molecular complexity index is 540. The van der Waals surface area contributed by atoms with Gasteiger partial charge in [0.25, 0.3) is 0 Å². The first kappa shape index (κ1) is 16.4. The summed E-state index contributed by atoms with van der Waals surface area (Å²) in [6.07, 6.45) is 12.4. The monoisotopic (exact) mass is 312 g/mol. The van der Waals surface area contributed by atoms with Gasteiger partial charge in [0.2, 0.25) is 0 Å². The van der Waals surface area contributed by atoms with Crippen LogP contribution in [-0.4, -0.2) is 17.0 Å². The molecule has 1 saturated carbocycles. The number of carbonyl (C=O) groups is 1. The number of carbonyl (C=O) groups excluding carboxylic acids is 1. The molecule has 1 N–H and O–H groups in total. The fourth-order valence-corrected chi connectivity index (χ4v) is 4.26. The molecule has 2 aliphatic rings. The zero-order valence-corrected chi connectivity index (χ0v) is 13.9. The number of allylic oxidation sites excluding steroid dienone is 1. The highest BCUT2D eigenvalue weighted by atomic mass is 16.3. The molecule has 1 fully saturated rings. The van der Waals surface area contributed by atoms with Crippen LogP contribution in [0.1, 0.15) is 68.1 Å². The minimum Gasteiger partial charge on any atom is -0.385 e. The molecule has 2 atom stereocenters. The van der Waals surface area contributed by atoms with E-state index >= 15 is 0 Å². The van der Waals surface area contributed by atoms with Crippen LogP contribution >= 0.6 is 0 Å². The van der Waals surface area contributed by atoms with Gasteiger partial charge < -0.3 is 5.11 Å². The van der Waals surface area contributed by atoms with Crippen molar-refractivity contribution in [1.29, 1.82) is 0 Å². The van der Waals surface area contributed by atoms with Gasteiger partial charge in [0.05, 0.1) is 0 Å². The molecule has 0 unspecified atom stereocenters. The summed E-state index contributed by atoms with van der Waals surface area (Å²) in [6.45, 7) is 0.